The maximum absolute atomic E-state index is 13.8. The van der Waals surface area contributed by atoms with Crippen LogP contribution in [0.5, 0.6) is 5.75 Å². The number of carbonyl (C=O) groups is 2. The minimum Gasteiger partial charge on any atom is -0.497 e. The van der Waals surface area contributed by atoms with Crippen molar-refractivity contribution < 1.29 is 18.7 Å². The zero-order valence-corrected chi connectivity index (χ0v) is 13.2. The van der Waals surface area contributed by atoms with E-state index in [1.165, 1.54) is 38.4 Å². The summed E-state index contributed by atoms with van der Waals surface area (Å²) < 4.78 is 18.9. The van der Waals surface area contributed by atoms with E-state index in [0.29, 0.717) is 5.75 Å². The molecule has 2 aromatic rings. The lowest BCUT2D eigenvalue weighted by atomic mass is 10.1. The normalized spacial score (nSPS) is 10.1. The molecule has 5 nitrogen and oxygen atoms in total. The first-order valence-electron chi connectivity index (χ1n) is 6.62. The second kappa shape index (κ2) is 7.11. The van der Waals surface area contributed by atoms with E-state index in [9.17, 15) is 14.0 Å². The van der Waals surface area contributed by atoms with Crippen molar-refractivity contribution in [2.24, 2.45) is 0 Å². The Morgan fingerprint density at radius 1 is 1.09 bits per heavy atom. The van der Waals surface area contributed by atoms with E-state index < -0.39 is 17.6 Å². The zero-order valence-electron chi connectivity index (χ0n) is 12.4. The van der Waals surface area contributed by atoms with Crippen molar-refractivity contribution in [3.63, 3.8) is 0 Å². The Labute approximate surface area is 137 Å². The third-order valence-electron chi connectivity index (χ3n) is 3.12. The Bertz CT molecular complexity index is 765. The Kier molecular flexibility index (Phi) is 5.18. The predicted molar refractivity (Wildman–Crippen MR) is 85.7 cm³/mol. The molecule has 0 saturated carbocycles. The Morgan fingerprint density at radius 2 is 1.83 bits per heavy atom. The molecular formula is C16H14ClFN2O3. The predicted octanol–water partition coefficient (Wildman–Crippen LogP) is 3.10. The van der Waals surface area contributed by atoms with Crippen molar-refractivity contribution in [1.82, 2.24) is 5.32 Å². The molecule has 2 aromatic carbocycles. The molecular weight excluding hydrogens is 323 g/mol. The molecule has 0 aliphatic heterocycles. The van der Waals surface area contributed by atoms with E-state index in [0.717, 1.165) is 6.07 Å². The summed E-state index contributed by atoms with van der Waals surface area (Å²) in [6, 6.07) is 8.30. The van der Waals surface area contributed by atoms with Crippen molar-refractivity contribution in [2.45, 2.75) is 0 Å². The molecule has 0 radical (unpaired) electrons. The summed E-state index contributed by atoms with van der Waals surface area (Å²) in [5, 5.41) is 5.17. The van der Waals surface area contributed by atoms with Gasteiger partial charge in [-0.1, -0.05) is 11.6 Å². The number of carbonyl (C=O) groups excluding carboxylic acids is 2. The van der Waals surface area contributed by atoms with E-state index in [1.54, 1.807) is 6.07 Å². The molecule has 120 valence electrons. The van der Waals surface area contributed by atoms with Crippen LogP contribution in [0.15, 0.2) is 36.4 Å². The molecule has 0 fully saturated rings. The van der Waals surface area contributed by atoms with Gasteiger partial charge in [0.1, 0.15) is 11.6 Å². The Balaban J connectivity index is 2.35. The number of hydrogen-bond acceptors (Lipinski definition) is 3. The number of rotatable bonds is 4. The summed E-state index contributed by atoms with van der Waals surface area (Å²) in [6.45, 7) is 0. The number of methoxy groups -OCH3 is 1. The van der Waals surface area contributed by atoms with E-state index in [4.69, 9.17) is 16.3 Å². The smallest absolute Gasteiger partial charge is 0.258 e. The fraction of sp³-hybridized carbons (Fsp3) is 0.125. The molecule has 0 aliphatic rings. The van der Waals surface area contributed by atoms with Crippen LogP contribution in [0.4, 0.5) is 10.1 Å². The van der Waals surface area contributed by atoms with Gasteiger partial charge in [0.2, 0.25) is 0 Å². The number of ether oxygens (including phenoxy) is 1. The topological polar surface area (TPSA) is 67.4 Å². The highest BCUT2D eigenvalue weighted by Gasteiger charge is 2.17. The monoisotopic (exact) mass is 336 g/mol. The molecule has 0 bridgehead atoms. The van der Waals surface area contributed by atoms with Crippen LogP contribution < -0.4 is 15.4 Å². The number of hydrogen-bond donors (Lipinski definition) is 2. The van der Waals surface area contributed by atoms with E-state index in [2.05, 4.69) is 10.6 Å². The van der Waals surface area contributed by atoms with E-state index in [1.807, 2.05) is 0 Å². The molecule has 0 spiro atoms. The lowest BCUT2D eigenvalue weighted by Crippen LogP contribution is -2.22. The van der Waals surface area contributed by atoms with Crippen LogP contribution in [-0.2, 0) is 0 Å². The van der Waals surface area contributed by atoms with Crippen LogP contribution in [0.1, 0.15) is 20.7 Å². The van der Waals surface area contributed by atoms with Crippen molar-refractivity contribution >= 4 is 29.1 Å². The third kappa shape index (κ3) is 3.78. The van der Waals surface area contributed by atoms with Crippen molar-refractivity contribution in [3.8, 4) is 5.75 Å². The first-order chi connectivity index (χ1) is 11.0. The average molecular weight is 337 g/mol. The van der Waals surface area contributed by atoms with Gasteiger partial charge in [0, 0.05) is 12.1 Å². The van der Waals surface area contributed by atoms with Gasteiger partial charge in [-0.15, -0.1) is 0 Å². The molecule has 7 heteroatoms. The Hall–Kier alpha value is -2.60. The van der Waals surface area contributed by atoms with Gasteiger partial charge in [-0.2, -0.15) is 0 Å². The van der Waals surface area contributed by atoms with Gasteiger partial charge < -0.3 is 15.4 Å². The van der Waals surface area contributed by atoms with Crippen LogP contribution in [-0.4, -0.2) is 26.0 Å². The van der Waals surface area contributed by atoms with Crippen LogP contribution in [0, 0.1) is 5.82 Å². The van der Waals surface area contributed by atoms with Crippen molar-refractivity contribution in [2.75, 3.05) is 19.5 Å². The number of anilines is 1. The second-order valence-corrected chi connectivity index (χ2v) is 5.01. The van der Waals surface area contributed by atoms with Gasteiger partial charge in [-0.25, -0.2) is 4.39 Å². The first-order valence-corrected chi connectivity index (χ1v) is 7.00. The highest BCUT2D eigenvalue weighted by atomic mass is 35.5. The zero-order chi connectivity index (χ0) is 17.0. The summed E-state index contributed by atoms with van der Waals surface area (Å²) in [7, 11) is 2.93. The highest BCUT2D eigenvalue weighted by Crippen LogP contribution is 2.23. The number of nitrogens with one attached hydrogen (secondary N) is 2. The maximum atomic E-state index is 13.8. The number of amides is 2. The number of benzene rings is 2. The summed E-state index contributed by atoms with van der Waals surface area (Å²) in [5.41, 5.74) is 0.271. The largest absolute Gasteiger partial charge is 0.497 e. The molecule has 0 atom stereocenters. The third-order valence-corrected chi connectivity index (χ3v) is 3.36. The molecule has 23 heavy (non-hydrogen) atoms. The van der Waals surface area contributed by atoms with Gasteiger partial charge in [-0.3, -0.25) is 9.59 Å². The average Bonchev–Trinajstić information content (AvgIpc) is 2.54. The van der Waals surface area contributed by atoms with Crippen molar-refractivity contribution in [3.05, 3.63) is 58.4 Å². The van der Waals surface area contributed by atoms with Gasteiger partial charge in [0.25, 0.3) is 11.8 Å². The fourth-order valence-electron chi connectivity index (χ4n) is 1.95. The lowest BCUT2D eigenvalue weighted by molar-refractivity contribution is 0.0963. The summed E-state index contributed by atoms with van der Waals surface area (Å²) in [6.07, 6.45) is 0. The van der Waals surface area contributed by atoms with Gasteiger partial charge in [-0.05, 0) is 36.4 Å². The summed E-state index contributed by atoms with van der Waals surface area (Å²) >= 11 is 5.66. The molecule has 0 unspecified atom stereocenters. The van der Waals surface area contributed by atoms with E-state index in [-0.39, 0.29) is 21.8 Å². The second-order valence-electron chi connectivity index (χ2n) is 4.57. The molecule has 2 N–H and O–H groups in total. The minimum atomic E-state index is -0.745. The maximum Gasteiger partial charge on any atom is 0.258 e. The van der Waals surface area contributed by atoms with Crippen LogP contribution >= 0.6 is 11.6 Å². The van der Waals surface area contributed by atoms with Gasteiger partial charge in [0.15, 0.2) is 0 Å². The molecule has 2 amide bonds. The molecule has 0 heterocycles. The van der Waals surface area contributed by atoms with Gasteiger partial charge >= 0.3 is 0 Å². The van der Waals surface area contributed by atoms with Crippen molar-refractivity contribution in [1.29, 1.82) is 0 Å². The van der Waals surface area contributed by atoms with Gasteiger partial charge in [0.05, 0.1) is 23.9 Å². The highest BCUT2D eigenvalue weighted by molar-refractivity contribution is 6.30. The Morgan fingerprint density at radius 3 is 2.43 bits per heavy atom. The van der Waals surface area contributed by atoms with Crippen LogP contribution in [0.3, 0.4) is 0 Å². The quantitative estimate of drug-likeness (QED) is 0.901. The standard InChI is InChI=1S/C16H14ClFN2O3/c1-19-15(21)12-8-10(23-2)4-6-14(12)20-16(22)11-5-3-9(17)7-13(11)18/h3-8H,1-2H3,(H,19,21)(H,20,22). The lowest BCUT2D eigenvalue weighted by Gasteiger charge is -2.12. The molecule has 2 rings (SSSR count). The molecule has 0 saturated heterocycles. The minimum absolute atomic E-state index is 0.173. The fourth-order valence-corrected chi connectivity index (χ4v) is 2.10. The SMILES string of the molecule is CNC(=O)c1cc(OC)ccc1NC(=O)c1ccc(Cl)cc1F. The van der Waals surface area contributed by atoms with E-state index >= 15 is 0 Å². The molecule has 0 aliphatic carbocycles. The van der Waals surface area contributed by atoms with Crippen LogP contribution in [0.25, 0.3) is 0 Å². The van der Waals surface area contributed by atoms with Crippen LogP contribution in [0.2, 0.25) is 5.02 Å². The number of halogens is 2. The summed E-state index contributed by atoms with van der Waals surface area (Å²) in [5.74, 6) is -1.38. The molecule has 0 aromatic heterocycles. The summed E-state index contributed by atoms with van der Waals surface area (Å²) in [4.78, 5) is 24.1. The first kappa shape index (κ1) is 16.8.